The van der Waals surface area contributed by atoms with Gasteiger partial charge < -0.3 is 18.9 Å². The molecular weight excluding hydrogens is 310 g/mol. The van der Waals surface area contributed by atoms with Gasteiger partial charge in [-0.15, -0.1) is 0 Å². The van der Waals surface area contributed by atoms with Crippen LogP contribution in [0.25, 0.3) is 0 Å². The van der Waals surface area contributed by atoms with Crippen molar-refractivity contribution in [2.45, 2.75) is 44.7 Å². The Morgan fingerprint density at radius 1 is 1.26 bits per heavy atom. The zero-order valence-corrected chi connectivity index (χ0v) is 13.7. The lowest BCUT2D eigenvalue weighted by atomic mass is 9.86. The molecule has 3 unspecified atom stereocenters. The summed E-state index contributed by atoms with van der Waals surface area (Å²) in [5.41, 5.74) is -0.481. The number of methoxy groups -OCH3 is 2. The van der Waals surface area contributed by atoms with E-state index in [-0.39, 0.29) is 5.75 Å². The highest BCUT2D eigenvalue weighted by molar-refractivity contribution is 5.66. The number of hydrogen-bond acceptors (Lipinski definition) is 5. The van der Waals surface area contributed by atoms with E-state index in [0.717, 1.165) is 6.07 Å². The van der Waals surface area contributed by atoms with E-state index in [0.29, 0.717) is 5.56 Å². The third-order valence-electron chi connectivity index (χ3n) is 3.90. The fourth-order valence-corrected chi connectivity index (χ4v) is 3.03. The van der Waals surface area contributed by atoms with Gasteiger partial charge >= 0.3 is 5.97 Å². The summed E-state index contributed by atoms with van der Waals surface area (Å²) in [6, 6.07) is 2.38. The predicted octanol–water partition coefficient (Wildman–Crippen LogP) is 2.77. The molecule has 0 saturated carbocycles. The van der Waals surface area contributed by atoms with Crippen LogP contribution in [0.15, 0.2) is 12.1 Å². The summed E-state index contributed by atoms with van der Waals surface area (Å²) < 4.78 is 49.0. The number of hydrogen-bond donors (Lipinski definition) is 0. The van der Waals surface area contributed by atoms with E-state index in [2.05, 4.69) is 0 Å². The number of rotatable bonds is 4. The highest BCUT2D eigenvalue weighted by Crippen LogP contribution is 2.46. The molecule has 0 N–H and O–H groups in total. The first-order chi connectivity index (χ1) is 10.7. The maximum Gasteiger partial charge on any atom is 0.304 e. The lowest BCUT2D eigenvalue weighted by Gasteiger charge is -2.27. The van der Waals surface area contributed by atoms with Crippen molar-refractivity contribution in [3.05, 3.63) is 29.3 Å². The molecule has 5 nitrogen and oxygen atoms in total. The number of ether oxygens (including phenoxy) is 4. The van der Waals surface area contributed by atoms with Crippen LogP contribution in [0, 0.1) is 11.6 Å². The lowest BCUT2D eigenvalue weighted by molar-refractivity contribution is -0.185. The summed E-state index contributed by atoms with van der Waals surface area (Å²) in [7, 11) is 2.72. The number of esters is 1. The molecule has 1 aliphatic heterocycles. The fourth-order valence-electron chi connectivity index (χ4n) is 3.03. The topological polar surface area (TPSA) is 54.0 Å². The van der Waals surface area contributed by atoms with Crippen molar-refractivity contribution in [2.75, 3.05) is 14.2 Å². The van der Waals surface area contributed by atoms with Crippen LogP contribution in [0.4, 0.5) is 8.78 Å². The smallest absolute Gasteiger partial charge is 0.304 e. The Labute approximate surface area is 133 Å². The molecule has 1 saturated heterocycles. The molecule has 23 heavy (non-hydrogen) atoms. The molecule has 0 aromatic heterocycles. The molecule has 0 radical (unpaired) electrons. The minimum Gasteiger partial charge on any atom is -0.493 e. The quantitative estimate of drug-likeness (QED) is 0.795. The van der Waals surface area contributed by atoms with Gasteiger partial charge in [-0.3, -0.25) is 4.79 Å². The average Bonchev–Trinajstić information content (AvgIpc) is 2.70. The highest BCUT2D eigenvalue weighted by atomic mass is 19.2. The first-order valence-corrected chi connectivity index (χ1v) is 7.12. The molecule has 1 heterocycles. The van der Waals surface area contributed by atoms with Crippen LogP contribution in [0.1, 0.15) is 32.3 Å². The largest absolute Gasteiger partial charge is 0.493 e. The van der Waals surface area contributed by atoms with Crippen LogP contribution >= 0.6 is 0 Å². The maximum atomic E-state index is 14.0. The first-order valence-electron chi connectivity index (χ1n) is 7.12. The number of carbonyl (C=O) groups is 1. The number of carbonyl (C=O) groups excluding carboxylic acids is 1. The van der Waals surface area contributed by atoms with Gasteiger partial charge in [-0.1, -0.05) is 6.07 Å². The van der Waals surface area contributed by atoms with Gasteiger partial charge in [0, 0.05) is 19.6 Å². The van der Waals surface area contributed by atoms with Gasteiger partial charge in [0.15, 0.2) is 11.6 Å². The number of halogens is 2. The van der Waals surface area contributed by atoms with Crippen molar-refractivity contribution >= 4 is 5.97 Å². The SMILES string of the molecule is COc1c(C2C(OC(C)=O)OC(C)(C)C2OC)ccc(F)c1F. The van der Waals surface area contributed by atoms with Crippen LogP contribution in [0.2, 0.25) is 0 Å². The Balaban J connectivity index is 2.56. The van der Waals surface area contributed by atoms with E-state index < -0.39 is 41.5 Å². The van der Waals surface area contributed by atoms with Crippen LogP contribution in [0.3, 0.4) is 0 Å². The fraction of sp³-hybridized carbons (Fsp3) is 0.562. The molecule has 0 amide bonds. The van der Waals surface area contributed by atoms with Gasteiger partial charge in [-0.2, -0.15) is 4.39 Å². The molecule has 1 aromatic rings. The average molecular weight is 330 g/mol. The lowest BCUT2D eigenvalue weighted by Crippen LogP contribution is -2.36. The van der Waals surface area contributed by atoms with Crippen LogP contribution in [0.5, 0.6) is 5.75 Å². The second-order valence-electron chi connectivity index (χ2n) is 5.87. The van der Waals surface area contributed by atoms with Gasteiger partial charge in [0.1, 0.15) is 0 Å². The van der Waals surface area contributed by atoms with Crippen molar-refractivity contribution in [1.82, 2.24) is 0 Å². The molecule has 3 atom stereocenters. The summed E-state index contributed by atoms with van der Waals surface area (Å²) in [6.45, 7) is 4.78. The van der Waals surface area contributed by atoms with Gasteiger partial charge in [0.2, 0.25) is 12.1 Å². The standard InChI is InChI=1S/C16H20F2O5/c1-8(19)22-15-11(14(21-5)16(2,3)23-15)9-6-7-10(17)12(18)13(9)20-4/h6-7,11,14-15H,1-5H3. The molecule has 1 aliphatic rings. The molecule has 7 heteroatoms. The zero-order chi connectivity index (χ0) is 17.4. The number of benzene rings is 1. The monoisotopic (exact) mass is 330 g/mol. The molecule has 1 fully saturated rings. The summed E-state index contributed by atoms with van der Waals surface area (Å²) in [6.07, 6.45) is -1.54. The predicted molar refractivity (Wildman–Crippen MR) is 77.2 cm³/mol. The van der Waals surface area contributed by atoms with E-state index in [9.17, 15) is 13.6 Å². The third kappa shape index (κ3) is 3.16. The first kappa shape index (κ1) is 17.6. The van der Waals surface area contributed by atoms with E-state index in [1.165, 1.54) is 27.2 Å². The molecular formula is C16H20F2O5. The van der Waals surface area contributed by atoms with Gasteiger partial charge in [0.25, 0.3) is 0 Å². The minimum absolute atomic E-state index is 0.254. The van der Waals surface area contributed by atoms with E-state index >= 15 is 0 Å². The molecule has 0 bridgehead atoms. The second kappa shape index (κ2) is 6.41. The maximum absolute atomic E-state index is 14.0. The normalized spacial score (nSPS) is 26.1. The molecule has 0 aliphatic carbocycles. The van der Waals surface area contributed by atoms with Crippen LogP contribution in [-0.2, 0) is 19.0 Å². The van der Waals surface area contributed by atoms with Crippen molar-refractivity contribution in [1.29, 1.82) is 0 Å². The Kier molecular flexibility index (Phi) is 4.91. The Morgan fingerprint density at radius 2 is 1.91 bits per heavy atom. The van der Waals surface area contributed by atoms with Crippen molar-refractivity contribution in [2.24, 2.45) is 0 Å². The Morgan fingerprint density at radius 3 is 2.43 bits per heavy atom. The molecule has 0 spiro atoms. The summed E-state index contributed by atoms with van der Waals surface area (Å²) in [5, 5.41) is 0. The highest BCUT2D eigenvalue weighted by Gasteiger charge is 2.53. The Hall–Kier alpha value is -1.73. The van der Waals surface area contributed by atoms with Gasteiger partial charge in [-0.25, -0.2) is 4.39 Å². The molecule has 128 valence electrons. The van der Waals surface area contributed by atoms with Crippen LogP contribution in [-0.4, -0.2) is 38.2 Å². The summed E-state index contributed by atoms with van der Waals surface area (Å²) in [4.78, 5) is 11.3. The van der Waals surface area contributed by atoms with Crippen molar-refractivity contribution in [3.63, 3.8) is 0 Å². The van der Waals surface area contributed by atoms with E-state index in [4.69, 9.17) is 18.9 Å². The minimum atomic E-state index is -1.11. The van der Waals surface area contributed by atoms with Crippen LogP contribution < -0.4 is 4.74 Å². The molecule has 1 aromatic carbocycles. The summed E-state index contributed by atoms with van der Waals surface area (Å²) >= 11 is 0. The van der Waals surface area contributed by atoms with E-state index in [1.54, 1.807) is 13.8 Å². The zero-order valence-electron chi connectivity index (χ0n) is 13.7. The van der Waals surface area contributed by atoms with Gasteiger partial charge in [-0.05, 0) is 19.9 Å². The van der Waals surface area contributed by atoms with Crippen molar-refractivity contribution in [3.8, 4) is 5.75 Å². The second-order valence-corrected chi connectivity index (χ2v) is 5.87. The molecule has 2 rings (SSSR count). The third-order valence-corrected chi connectivity index (χ3v) is 3.90. The van der Waals surface area contributed by atoms with Gasteiger partial charge in [0.05, 0.1) is 24.7 Å². The Bertz CT molecular complexity index is 602. The van der Waals surface area contributed by atoms with E-state index in [1.807, 2.05) is 0 Å². The van der Waals surface area contributed by atoms with Crippen molar-refractivity contribution < 1.29 is 32.5 Å². The summed E-state index contributed by atoms with van der Waals surface area (Å²) in [5.74, 6) is -3.60.